The minimum absolute atomic E-state index is 0.0546. The molecule has 41 heavy (non-hydrogen) atoms. The van der Waals surface area contributed by atoms with Gasteiger partial charge in [-0.2, -0.15) is 0 Å². The molecule has 0 fully saturated rings. The molecule has 3 atom stereocenters. The summed E-state index contributed by atoms with van der Waals surface area (Å²) in [5.41, 5.74) is 3.92. The Morgan fingerprint density at radius 2 is 1.85 bits per heavy atom. The molecule has 12 heteroatoms. The standard InChI is InChI=1S/C29H29N3O9/c1-32(2)17-9-16(31-10-12-3-4-19-20(5-12)41-11-40-19)24(34)22-15(17)7-13-6-14-8-18(33)23(28(30)38)27(37)29(14,39)26(36)21(13)25(22)35/h3-5,9,13-14,31,33-34,36,39H,6-8,10-11H2,1-2H3,(H2,30,38)/t13-,14?,29+/m1/s1. The van der Waals surface area contributed by atoms with Crippen molar-refractivity contribution in [1.29, 1.82) is 0 Å². The fraction of sp³-hybridized carbons (Fsp3) is 0.345. The molecule has 0 saturated heterocycles. The summed E-state index contributed by atoms with van der Waals surface area (Å²) in [6.07, 6.45) is 0.0163. The van der Waals surface area contributed by atoms with E-state index in [0.29, 0.717) is 22.7 Å². The third-order valence-electron chi connectivity index (χ3n) is 8.44. The zero-order valence-electron chi connectivity index (χ0n) is 22.4. The number of anilines is 2. The molecule has 0 spiro atoms. The number of aliphatic hydroxyl groups is 3. The van der Waals surface area contributed by atoms with Gasteiger partial charge in [0.05, 0.1) is 11.3 Å². The van der Waals surface area contributed by atoms with Crippen LogP contribution in [0.3, 0.4) is 0 Å². The van der Waals surface area contributed by atoms with E-state index in [1.54, 1.807) is 26.2 Å². The summed E-state index contributed by atoms with van der Waals surface area (Å²) in [5.74, 6) is -5.36. The van der Waals surface area contributed by atoms with Gasteiger partial charge in [-0.15, -0.1) is 0 Å². The van der Waals surface area contributed by atoms with Crippen LogP contribution in [0.4, 0.5) is 11.4 Å². The van der Waals surface area contributed by atoms with E-state index in [9.17, 15) is 34.8 Å². The molecule has 0 saturated carbocycles. The Kier molecular flexibility index (Phi) is 5.93. The summed E-state index contributed by atoms with van der Waals surface area (Å²) in [6, 6.07) is 7.17. The highest BCUT2D eigenvalue weighted by Crippen LogP contribution is 2.53. The highest BCUT2D eigenvalue weighted by atomic mass is 16.7. The molecule has 1 unspecified atom stereocenters. The molecule has 3 aliphatic carbocycles. The number of fused-ring (bicyclic) bond motifs is 4. The molecule has 1 heterocycles. The van der Waals surface area contributed by atoms with Crippen molar-refractivity contribution in [3.8, 4) is 17.2 Å². The topological polar surface area (TPSA) is 192 Å². The lowest BCUT2D eigenvalue weighted by Crippen LogP contribution is -2.57. The number of phenols is 1. The molecule has 7 N–H and O–H groups in total. The Morgan fingerprint density at radius 3 is 2.56 bits per heavy atom. The second-order valence-electron chi connectivity index (χ2n) is 11.0. The normalized spacial score (nSPS) is 24.6. The summed E-state index contributed by atoms with van der Waals surface area (Å²) in [4.78, 5) is 40.8. The van der Waals surface area contributed by atoms with Gasteiger partial charge >= 0.3 is 0 Å². The number of aliphatic hydroxyl groups excluding tert-OH is 2. The summed E-state index contributed by atoms with van der Waals surface area (Å²) in [5, 5.41) is 47.6. The Morgan fingerprint density at radius 1 is 1.12 bits per heavy atom. The molecule has 0 bridgehead atoms. The highest BCUT2D eigenvalue weighted by Gasteiger charge is 2.59. The van der Waals surface area contributed by atoms with E-state index in [1.165, 1.54) is 0 Å². The number of nitrogens with zero attached hydrogens (tertiary/aromatic N) is 1. The van der Waals surface area contributed by atoms with E-state index in [1.807, 2.05) is 17.0 Å². The summed E-state index contributed by atoms with van der Waals surface area (Å²) >= 11 is 0. The predicted octanol–water partition coefficient (Wildman–Crippen LogP) is 1.99. The van der Waals surface area contributed by atoms with Crippen LogP contribution in [0, 0.1) is 11.8 Å². The number of phenolic OH excluding ortho intramolecular Hbond substituents is 1. The van der Waals surface area contributed by atoms with Crippen LogP contribution < -0.4 is 25.4 Å². The quantitative estimate of drug-likeness (QED) is 0.230. The molecule has 0 radical (unpaired) electrons. The molecule has 6 rings (SSSR count). The molecule has 12 nitrogen and oxygen atoms in total. The Balaban J connectivity index is 1.41. The summed E-state index contributed by atoms with van der Waals surface area (Å²) < 4.78 is 10.8. The number of ketones is 2. The van der Waals surface area contributed by atoms with Gasteiger partial charge in [0.25, 0.3) is 5.91 Å². The lowest BCUT2D eigenvalue weighted by molar-refractivity contribution is -0.144. The molecule has 0 aromatic heterocycles. The number of benzene rings is 2. The van der Waals surface area contributed by atoms with Gasteiger partial charge < -0.3 is 45.9 Å². The van der Waals surface area contributed by atoms with Gasteiger partial charge in [0, 0.05) is 44.2 Å². The molecule has 2 aromatic rings. The van der Waals surface area contributed by atoms with Crippen molar-refractivity contribution < 1.29 is 44.3 Å². The first kappa shape index (κ1) is 26.5. The zero-order valence-corrected chi connectivity index (χ0v) is 22.4. The zero-order chi connectivity index (χ0) is 29.4. The number of hydrogen-bond donors (Lipinski definition) is 6. The summed E-state index contributed by atoms with van der Waals surface area (Å²) in [7, 11) is 3.60. The van der Waals surface area contributed by atoms with Gasteiger partial charge in [-0.3, -0.25) is 14.4 Å². The third-order valence-corrected chi connectivity index (χ3v) is 8.44. The van der Waals surface area contributed by atoms with Gasteiger partial charge in [0.2, 0.25) is 12.6 Å². The SMILES string of the molecule is CN(C)c1cc(NCc2ccc3c(c2)OCO3)c(O)c2c1C[C@H]1CC3CC(O)=C(C(N)=O)C(=O)[C@@]3(O)C(O)=C1C2=O. The molecule has 214 valence electrons. The minimum Gasteiger partial charge on any atom is -0.511 e. The van der Waals surface area contributed by atoms with Gasteiger partial charge in [-0.25, -0.2) is 0 Å². The number of carbonyl (C=O) groups is 3. The Labute approximate surface area is 234 Å². The molecular formula is C29H29N3O9. The van der Waals surface area contributed by atoms with Crippen LogP contribution in [0.5, 0.6) is 17.2 Å². The van der Waals surface area contributed by atoms with E-state index in [0.717, 1.165) is 5.56 Å². The maximum absolute atomic E-state index is 14.0. The van der Waals surface area contributed by atoms with Crippen molar-refractivity contribution in [2.45, 2.75) is 31.4 Å². The van der Waals surface area contributed by atoms with Crippen molar-refractivity contribution in [3.05, 3.63) is 63.6 Å². The van der Waals surface area contributed by atoms with E-state index in [-0.39, 0.29) is 55.2 Å². The van der Waals surface area contributed by atoms with Gasteiger partial charge in [-0.1, -0.05) is 6.07 Å². The fourth-order valence-corrected chi connectivity index (χ4v) is 6.45. The largest absolute Gasteiger partial charge is 0.511 e. The van der Waals surface area contributed by atoms with Crippen molar-refractivity contribution in [2.75, 3.05) is 31.1 Å². The number of ether oxygens (including phenoxy) is 2. The number of allylic oxidation sites excluding steroid dienone is 2. The van der Waals surface area contributed by atoms with E-state index >= 15 is 0 Å². The number of rotatable bonds is 5. The first-order valence-electron chi connectivity index (χ1n) is 13.1. The first-order chi connectivity index (χ1) is 19.4. The van der Waals surface area contributed by atoms with E-state index in [4.69, 9.17) is 15.2 Å². The van der Waals surface area contributed by atoms with Crippen LogP contribution in [-0.2, 0) is 22.6 Å². The smallest absolute Gasteiger partial charge is 0.255 e. The van der Waals surface area contributed by atoms with Crippen molar-refractivity contribution in [1.82, 2.24) is 0 Å². The number of Topliss-reactive ketones (excluding diaryl/α,β-unsaturated/α-hetero) is 2. The highest BCUT2D eigenvalue weighted by molar-refractivity contribution is 6.24. The second-order valence-corrected chi connectivity index (χ2v) is 11.0. The van der Waals surface area contributed by atoms with Crippen LogP contribution in [0.15, 0.2) is 46.9 Å². The fourth-order valence-electron chi connectivity index (χ4n) is 6.45. The van der Waals surface area contributed by atoms with Crippen LogP contribution >= 0.6 is 0 Å². The predicted molar refractivity (Wildman–Crippen MR) is 145 cm³/mol. The van der Waals surface area contributed by atoms with Gasteiger partial charge in [0.1, 0.15) is 22.8 Å². The average molecular weight is 564 g/mol. The number of primary amides is 1. The number of aromatic hydroxyl groups is 1. The number of hydrogen-bond acceptors (Lipinski definition) is 11. The number of carbonyl (C=O) groups excluding carboxylic acids is 3. The second kappa shape index (κ2) is 9.16. The van der Waals surface area contributed by atoms with Crippen molar-refractivity contribution >= 4 is 28.8 Å². The number of nitrogens with two attached hydrogens (primary N) is 1. The lowest BCUT2D eigenvalue weighted by atomic mass is 9.60. The first-order valence-corrected chi connectivity index (χ1v) is 13.1. The molecule has 2 aromatic carbocycles. The molecular weight excluding hydrogens is 534 g/mol. The lowest BCUT2D eigenvalue weighted by Gasteiger charge is -2.46. The Hall–Kier alpha value is -4.71. The molecule has 1 aliphatic heterocycles. The number of amides is 1. The van der Waals surface area contributed by atoms with Crippen LogP contribution in [0.25, 0.3) is 0 Å². The van der Waals surface area contributed by atoms with Crippen molar-refractivity contribution in [2.24, 2.45) is 17.6 Å². The number of nitrogens with one attached hydrogen (secondary N) is 1. The van der Waals surface area contributed by atoms with Crippen LogP contribution in [0.1, 0.15) is 34.3 Å². The monoisotopic (exact) mass is 563 g/mol. The maximum Gasteiger partial charge on any atom is 0.255 e. The molecule has 4 aliphatic rings. The molecule has 1 amide bonds. The van der Waals surface area contributed by atoms with Crippen LogP contribution in [-0.4, -0.2) is 64.4 Å². The maximum atomic E-state index is 14.0. The summed E-state index contributed by atoms with van der Waals surface area (Å²) in [6.45, 7) is 0.418. The van der Waals surface area contributed by atoms with E-state index < -0.39 is 52.0 Å². The third kappa shape index (κ3) is 3.81. The van der Waals surface area contributed by atoms with Gasteiger partial charge in [0.15, 0.2) is 22.9 Å². The average Bonchev–Trinajstić information content (AvgIpc) is 3.38. The van der Waals surface area contributed by atoms with E-state index in [2.05, 4.69) is 5.32 Å². The van der Waals surface area contributed by atoms with Crippen molar-refractivity contribution in [3.63, 3.8) is 0 Å². The minimum atomic E-state index is -2.61. The van der Waals surface area contributed by atoms with Crippen LogP contribution in [0.2, 0.25) is 0 Å². The Bertz CT molecular complexity index is 1610. The van der Waals surface area contributed by atoms with Gasteiger partial charge in [-0.05, 0) is 48.1 Å².